The van der Waals surface area contributed by atoms with Crippen LogP contribution in [0.4, 0.5) is 15.3 Å². The molecule has 0 saturated carbocycles. The molecular formula is C33H38BrN5O5. The number of urea groups is 1. The van der Waals surface area contributed by atoms with Gasteiger partial charge in [-0.05, 0) is 58.7 Å². The topological polar surface area (TPSA) is 152 Å². The number of fused-ring (bicyclic) bond motifs is 3. The van der Waals surface area contributed by atoms with Gasteiger partial charge < -0.3 is 31.7 Å². The Bertz CT molecular complexity index is 1430. The smallest absolute Gasteiger partial charge is 0.407 e. The van der Waals surface area contributed by atoms with Crippen molar-refractivity contribution < 1.29 is 23.9 Å². The van der Waals surface area contributed by atoms with Crippen molar-refractivity contribution in [3.63, 3.8) is 0 Å². The fourth-order valence-electron chi connectivity index (χ4n) is 5.26. The molecule has 3 aromatic rings. The van der Waals surface area contributed by atoms with Gasteiger partial charge in [0, 0.05) is 23.5 Å². The first kappa shape index (κ1) is 32.5. The van der Waals surface area contributed by atoms with Crippen LogP contribution in [0.15, 0.2) is 72.8 Å². The van der Waals surface area contributed by atoms with Crippen molar-refractivity contribution in [2.45, 2.75) is 50.0 Å². The Morgan fingerprint density at radius 1 is 0.864 bits per heavy atom. The number of alkyl halides is 1. The first-order chi connectivity index (χ1) is 21.2. The highest BCUT2D eigenvalue weighted by Gasteiger charge is 2.32. The number of nitrogens with two attached hydrogens (primary N) is 1. The van der Waals surface area contributed by atoms with Gasteiger partial charge >= 0.3 is 12.1 Å². The summed E-state index contributed by atoms with van der Waals surface area (Å²) in [5.74, 6) is -1.36. The number of halogens is 1. The Morgan fingerprint density at radius 2 is 1.48 bits per heavy atom. The van der Waals surface area contributed by atoms with E-state index in [4.69, 9.17) is 10.5 Å². The van der Waals surface area contributed by atoms with Crippen LogP contribution >= 0.6 is 15.9 Å². The van der Waals surface area contributed by atoms with E-state index in [0.717, 1.165) is 27.8 Å². The lowest BCUT2D eigenvalue weighted by Gasteiger charge is -2.25. The molecule has 0 saturated heterocycles. The second kappa shape index (κ2) is 15.4. The van der Waals surface area contributed by atoms with Crippen LogP contribution in [-0.2, 0) is 19.7 Å². The van der Waals surface area contributed by atoms with Crippen LogP contribution in [0.1, 0.15) is 49.3 Å². The summed E-state index contributed by atoms with van der Waals surface area (Å²) in [6.07, 6.45) is -0.109. The van der Waals surface area contributed by atoms with Crippen LogP contribution in [0.25, 0.3) is 11.1 Å². The summed E-state index contributed by atoms with van der Waals surface area (Å²) < 4.78 is 5.66. The quantitative estimate of drug-likeness (QED) is 0.129. The maximum Gasteiger partial charge on any atom is 0.407 e. The molecule has 0 heterocycles. The molecule has 0 aliphatic heterocycles. The van der Waals surface area contributed by atoms with Crippen molar-refractivity contribution >= 4 is 45.6 Å². The van der Waals surface area contributed by atoms with E-state index in [9.17, 15) is 19.2 Å². The summed E-state index contributed by atoms with van der Waals surface area (Å²) in [5, 5.41) is 11.5. The van der Waals surface area contributed by atoms with E-state index in [1.807, 2.05) is 48.5 Å². The van der Waals surface area contributed by atoms with Gasteiger partial charge in [0.15, 0.2) is 0 Å². The lowest BCUT2D eigenvalue weighted by atomic mass is 9.98. The summed E-state index contributed by atoms with van der Waals surface area (Å²) >= 11 is 3.40. The Morgan fingerprint density at radius 3 is 2.05 bits per heavy atom. The standard InChI is InChI=1S/C33H38BrN5O5/c1-20(2)29(39-33(43)44-19-27-25-10-5-3-8-23(25)24-9-4-6-11-26(24)27)31(41)38-28(12-7-17-36-32(35)42)30(40)37-22-15-13-21(18-34)14-16-22/h3-6,8-11,13-16,20,27-29H,7,12,17-19H2,1-2H3,(H,37,40)(H,38,41)(H,39,43)(H3,35,36,42)/t28-,29-/m0/s1. The molecular weight excluding hydrogens is 626 g/mol. The fourth-order valence-corrected chi connectivity index (χ4v) is 5.63. The highest BCUT2D eigenvalue weighted by Crippen LogP contribution is 2.44. The molecule has 0 radical (unpaired) electrons. The number of nitrogens with one attached hydrogen (secondary N) is 4. The summed E-state index contributed by atoms with van der Waals surface area (Å²) in [5.41, 5.74) is 11.2. The lowest BCUT2D eigenvalue weighted by molar-refractivity contribution is -0.128. The van der Waals surface area contributed by atoms with E-state index in [1.165, 1.54) is 0 Å². The minimum absolute atomic E-state index is 0.109. The number of anilines is 1. The monoisotopic (exact) mass is 663 g/mol. The predicted molar refractivity (Wildman–Crippen MR) is 173 cm³/mol. The van der Waals surface area contributed by atoms with E-state index in [0.29, 0.717) is 17.4 Å². The van der Waals surface area contributed by atoms with Crippen molar-refractivity contribution in [1.82, 2.24) is 16.0 Å². The fraction of sp³-hybridized carbons (Fsp3) is 0.333. The van der Waals surface area contributed by atoms with Gasteiger partial charge in [0.25, 0.3) is 0 Å². The largest absolute Gasteiger partial charge is 0.449 e. The van der Waals surface area contributed by atoms with E-state index in [1.54, 1.807) is 26.0 Å². The Balaban J connectivity index is 1.40. The van der Waals surface area contributed by atoms with E-state index >= 15 is 0 Å². The predicted octanol–water partition coefficient (Wildman–Crippen LogP) is 5.02. The first-order valence-corrected chi connectivity index (χ1v) is 15.7. The second-order valence-electron chi connectivity index (χ2n) is 11.0. The highest BCUT2D eigenvalue weighted by atomic mass is 79.9. The van der Waals surface area contributed by atoms with Crippen molar-refractivity contribution in [1.29, 1.82) is 0 Å². The van der Waals surface area contributed by atoms with Crippen LogP contribution in [0.2, 0.25) is 0 Å². The average molecular weight is 665 g/mol. The van der Waals surface area contributed by atoms with Crippen molar-refractivity contribution in [2.75, 3.05) is 18.5 Å². The SMILES string of the molecule is CC(C)[C@H](NC(=O)OCC1c2ccccc2-c2ccccc21)C(=O)N[C@@H](CCCNC(N)=O)C(=O)Nc1ccc(CBr)cc1. The zero-order chi connectivity index (χ0) is 31.6. The van der Waals surface area contributed by atoms with Crippen LogP contribution in [0.3, 0.4) is 0 Å². The second-order valence-corrected chi connectivity index (χ2v) is 11.6. The van der Waals surface area contributed by atoms with Gasteiger partial charge in [-0.3, -0.25) is 9.59 Å². The third-order valence-corrected chi connectivity index (χ3v) is 8.19. The summed E-state index contributed by atoms with van der Waals surface area (Å²) in [7, 11) is 0. The first-order valence-electron chi connectivity index (χ1n) is 14.6. The molecule has 232 valence electrons. The molecule has 3 aromatic carbocycles. The Kier molecular flexibility index (Phi) is 11.4. The number of alkyl carbamates (subject to hydrolysis) is 1. The maximum atomic E-state index is 13.4. The van der Waals surface area contributed by atoms with Gasteiger partial charge in [-0.1, -0.05) is 90.4 Å². The molecule has 1 aliphatic carbocycles. The number of amides is 5. The highest BCUT2D eigenvalue weighted by molar-refractivity contribution is 9.08. The third-order valence-electron chi connectivity index (χ3n) is 7.54. The third kappa shape index (κ3) is 8.37. The zero-order valence-corrected chi connectivity index (χ0v) is 26.4. The van der Waals surface area contributed by atoms with Crippen LogP contribution < -0.4 is 27.0 Å². The van der Waals surface area contributed by atoms with Gasteiger partial charge in [-0.2, -0.15) is 0 Å². The van der Waals surface area contributed by atoms with Crippen molar-refractivity contribution in [3.8, 4) is 11.1 Å². The molecule has 1 aliphatic rings. The van der Waals surface area contributed by atoms with Gasteiger partial charge in [-0.15, -0.1) is 0 Å². The van der Waals surface area contributed by atoms with Gasteiger partial charge in [-0.25, -0.2) is 9.59 Å². The number of benzene rings is 3. The number of primary amides is 1. The number of carbonyl (C=O) groups is 4. The molecule has 0 unspecified atom stereocenters. The summed E-state index contributed by atoms with van der Waals surface area (Å²) in [6, 6.07) is 20.8. The number of hydrogen-bond acceptors (Lipinski definition) is 5. The zero-order valence-electron chi connectivity index (χ0n) is 24.8. The molecule has 2 atom stereocenters. The number of carbonyl (C=O) groups excluding carboxylic acids is 4. The number of rotatable bonds is 13. The van der Waals surface area contributed by atoms with E-state index in [2.05, 4.69) is 49.3 Å². The van der Waals surface area contributed by atoms with Crippen molar-refractivity contribution in [3.05, 3.63) is 89.5 Å². The minimum Gasteiger partial charge on any atom is -0.449 e. The maximum absolute atomic E-state index is 13.4. The van der Waals surface area contributed by atoms with E-state index < -0.39 is 36.0 Å². The number of ether oxygens (including phenoxy) is 1. The number of hydrogen-bond donors (Lipinski definition) is 5. The minimum atomic E-state index is -0.956. The van der Waals surface area contributed by atoms with E-state index in [-0.39, 0.29) is 31.4 Å². The summed E-state index contributed by atoms with van der Waals surface area (Å²) in [4.78, 5) is 50.7. The Hall–Kier alpha value is -4.38. The normalized spacial score (nSPS) is 13.3. The molecule has 0 spiro atoms. The molecule has 0 fully saturated rings. The molecule has 44 heavy (non-hydrogen) atoms. The molecule has 4 rings (SSSR count). The van der Waals surface area contributed by atoms with Gasteiger partial charge in [0.05, 0.1) is 0 Å². The van der Waals surface area contributed by atoms with Crippen LogP contribution in [0, 0.1) is 5.92 Å². The summed E-state index contributed by atoms with van der Waals surface area (Å²) in [6.45, 7) is 3.94. The Labute approximate surface area is 265 Å². The van der Waals surface area contributed by atoms with Gasteiger partial charge in [0.2, 0.25) is 11.8 Å². The lowest BCUT2D eigenvalue weighted by Crippen LogP contribution is -2.54. The molecule has 5 amide bonds. The van der Waals surface area contributed by atoms with Crippen LogP contribution in [0.5, 0.6) is 0 Å². The molecule has 0 aromatic heterocycles. The van der Waals surface area contributed by atoms with Crippen LogP contribution in [-0.4, -0.2) is 49.2 Å². The average Bonchev–Trinajstić information content (AvgIpc) is 3.33. The molecule has 0 bridgehead atoms. The molecule has 6 N–H and O–H groups in total. The van der Waals surface area contributed by atoms with Gasteiger partial charge in [0.1, 0.15) is 18.7 Å². The molecule has 10 nitrogen and oxygen atoms in total. The van der Waals surface area contributed by atoms with Crippen molar-refractivity contribution in [2.24, 2.45) is 11.7 Å². The molecule has 11 heteroatoms.